The molecule has 0 aliphatic heterocycles. The van der Waals surface area contributed by atoms with Gasteiger partial charge in [-0.1, -0.05) is 90.5 Å². The average molecular weight is 569 g/mol. The predicted molar refractivity (Wildman–Crippen MR) is 164 cm³/mol. The zero-order valence-corrected chi connectivity index (χ0v) is 24.2. The minimum atomic E-state index is -1.23. The van der Waals surface area contributed by atoms with Gasteiger partial charge in [-0.15, -0.1) is 0 Å². The molecule has 4 aromatic rings. The highest BCUT2D eigenvalue weighted by Crippen LogP contribution is 2.44. The molecule has 212 valence electrons. The summed E-state index contributed by atoms with van der Waals surface area (Å²) in [6, 6.07) is 33.9. The van der Waals surface area contributed by atoms with Crippen molar-refractivity contribution in [2.45, 2.75) is 45.0 Å². The van der Waals surface area contributed by atoms with Gasteiger partial charge in [0.25, 0.3) is 0 Å². The molecule has 0 heterocycles. The van der Waals surface area contributed by atoms with Gasteiger partial charge in [-0.25, -0.2) is 0 Å². The summed E-state index contributed by atoms with van der Waals surface area (Å²) in [5.41, 5.74) is 3.96. The molecule has 1 aliphatic carbocycles. The van der Waals surface area contributed by atoms with Crippen molar-refractivity contribution < 1.29 is 19.3 Å². The fourth-order valence-electron chi connectivity index (χ4n) is 5.58. The number of aliphatic hydroxyl groups is 1. The predicted octanol–water partition coefficient (Wildman–Crippen LogP) is 8.30. The summed E-state index contributed by atoms with van der Waals surface area (Å²) < 4.78 is 18.0. The van der Waals surface area contributed by atoms with Gasteiger partial charge < -0.3 is 19.3 Å². The lowest BCUT2D eigenvalue weighted by atomic mass is 9.74. The number of hydrogen-bond acceptors (Lipinski definition) is 4. The van der Waals surface area contributed by atoms with E-state index in [1.165, 1.54) is 5.56 Å². The van der Waals surface area contributed by atoms with Gasteiger partial charge in [-0.2, -0.15) is 0 Å². The van der Waals surface area contributed by atoms with Crippen molar-refractivity contribution in [3.8, 4) is 11.5 Å². The monoisotopic (exact) mass is 568 g/mol. The van der Waals surface area contributed by atoms with Crippen molar-refractivity contribution in [2.75, 3.05) is 13.2 Å². The lowest BCUT2D eigenvalue weighted by molar-refractivity contribution is 0.0426. The third kappa shape index (κ3) is 8.01. The van der Waals surface area contributed by atoms with Gasteiger partial charge in [0.05, 0.1) is 19.8 Å². The zero-order chi connectivity index (χ0) is 28.5. The van der Waals surface area contributed by atoms with Crippen LogP contribution < -0.4 is 9.47 Å². The molecule has 5 rings (SSSR count). The number of rotatable bonds is 12. The van der Waals surface area contributed by atoms with E-state index in [1.54, 1.807) is 6.07 Å². The van der Waals surface area contributed by atoms with Gasteiger partial charge in [0.1, 0.15) is 23.7 Å². The normalized spacial score (nSPS) is 18.5. The zero-order valence-electron chi connectivity index (χ0n) is 23.5. The highest BCUT2D eigenvalue weighted by molar-refractivity contribution is 6.30. The first-order valence-electron chi connectivity index (χ1n) is 14.2. The molecule has 2 unspecified atom stereocenters. The van der Waals surface area contributed by atoms with Crippen LogP contribution in [0.4, 0.5) is 0 Å². The molecule has 41 heavy (non-hydrogen) atoms. The Balaban J connectivity index is 1.40. The number of hydrogen-bond donors (Lipinski definition) is 1. The van der Waals surface area contributed by atoms with E-state index in [0.717, 1.165) is 40.9 Å². The van der Waals surface area contributed by atoms with E-state index in [9.17, 15) is 5.11 Å². The van der Waals surface area contributed by atoms with E-state index in [4.69, 9.17) is 25.8 Å². The van der Waals surface area contributed by atoms with Gasteiger partial charge in [-0.3, -0.25) is 0 Å². The molecule has 0 fully saturated rings. The van der Waals surface area contributed by atoms with Crippen molar-refractivity contribution in [2.24, 2.45) is 5.92 Å². The van der Waals surface area contributed by atoms with Crippen LogP contribution in [0.15, 0.2) is 115 Å². The first kappa shape index (κ1) is 28.9. The van der Waals surface area contributed by atoms with E-state index in [1.807, 2.05) is 85.8 Å². The first-order chi connectivity index (χ1) is 20.0. The van der Waals surface area contributed by atoms with Crippen LogP contribution >= 0.6 is 11.6 Å². The highest BCUT2D eigenvalue weighted by atomic mass is 35.5. The van der Waals surface area contributed by atoms with Crippen LogP contribution in [0.25, 0.3) is 0 Å². The Bertz CT molecular complexity index is 1420. The molecule has 0 bridgehead atoms. The smallest absolute Gasteiger partial charge is 0.127 e. The second kappa shape index (κ2) is 13.9. The standard InChI is InChI=1S/C36H37ClO4/c1-2-40-33-16-13-27(14-17-33)19-30-20-31(25-39-24-28-9-5-3-6-10-28)23-36(38,22-30)34-18-15-32(37)21-35(34)41-26-29-11-7-4-8-12-29/h3-18,21,23,30,38H,2,19-20,22,24-26H2,1H3. The molecular formula is C36H37ClO4. The lowest BCUT2D eigenvalue weighted by Gasteiger charge is -2.37. The third-order valence-electron chi connectivity index (χ3n) is 7.40. The Morgan fingerprint density at radius 1 is 0.780 bits per heavy atom. The fourth-order valence-corrected chi connectivity index (χ4v) is 5.74. The van der Waals surface area contributed by atoms with Crippen LogP contribution in [-0.2, 0) is 30.0 Å². The quantitative estimate of drug-likeness (QED) is 0.175. The van der Waals surface area contributed by atoms with Crippen LogP contribution in [0.1, 0.15) is 42.0 Å². The van der Waals surface area contributed by atoms with E-state index in [2.05, 4.69) is 24.3 Å². The van der Waals surface area contributed by atoms with Crippen LogP contribution in [-0.4, -0.2) is 18.3 Å². The molecule has 1 aliphatic rings. The fraction of sp³-hybridized carbons (Fsp3) is 0.278. The Morgan fingerprint density at radius 2 is 1.46 bits per heavy atom. The largest absolute Gasteiger partial charge is 0.494 e. The van der Waals surface area contributed by atoms with Gasteiger partial charge in [0.2, 0.25) is 0 Å². The van der Waals surface area contributed by atoms with Crippen LogP contribution in [0.3, 0.4) is 0 Å². The molecular weight excluding hydrogens is 532 g/mol. The maximum absolute atomic E-state index is 12.3. The van der Waals surface area contributed by atoms with Crippen molar-refractivity contribution >= 4 is 11.6 Å². The van der Waals surface area contributed by atoms with Crippen molar-refractivity contribution in [1.29, 1.82) is 0 Å². The molecule has 4 nitrogen and oxygen atoms in total. The van der Waals surface area contributed by atoms with Crippen molar-refractivity contribution in [3.63, 3.8) is 0 Å². The van der Waals surface area contributed by atoms with E-state index < -0.39 is 5.60 Å². The Kier molecular flexibility index (Phi) is 9.79. The molecule has 4 aromatic carbocycles. The number of halogens is 1. The molecule has 2 atom stereocenters. The van der Waals surface area contributed by atoms with Gasteiger partial charge in [-0.05, 0) is 84.7 Å². The summed E-state index contributed by atoms with van der Waals surface area (Å²) in [5.74, 6) is 1.66. The highest BCUT2D eigenvalue weighted by Gasteiger charge is 2.37. The molecule has 0 amide bonds. The van der Waals surface area contributed by atoms with Gasteiger partial charge in [0, 0.05) is 10.6 Å². The molecule has 1 N–H and O–H groups in total. The minimum absolute atomic E-state index is 0.205. The minimum Gasteiger partial charge on any atom is -0.494 e. The average Bonchev–Trinajstić information content (AvgIpc) is 2.98. The van der Waals surface area contributed by atoms with E-state index in [0.29, 0.717) is 43.6 Å². The van der Waals surface area contributed by atoms with Gasteiger partial charge in [0.15, 0.2) is 0 Å². The molecule has 0 spiro atoms. The Morgan fingerprint density at radius 3 is 2.15 bits per heavy atom. The first-order valence-corrected chi connectivity index (χ1v) is 14.6. The van der Waals surface area contributed by atoms with E-state index >= 15 is 0 Å². The van der Waals surface area contributed by atoms with Crippen LogP contribution in [0.5, 0.6) is 11.5 Å². The second-order valence-electron chi connectivity index (χ2n) is 10.7. The molecule has 0 saturated heterocycles. The number of ether oxygens (including phenoxy) is 3. The Hall–Kier alpha value is -3.57. The SMILES string of the molecule is CCOc1ccc(CC2CC(COCc3ccccc3)=CC(O)(c3ccc(Cl)cc3OCc3ccccc3)C2)cc1. The maximum Gasteiger partial charge on any atom is 0.127 e. The summed E-state index contributed by atoms with van der Waals surface area (Å²) in [5, 5.41) is 12.9. The van der Waals surface area contributed by atoms with Gasteiger partial charge >= 0.3 is 0 Å². The second-order valence-corrected chi connectivity index (χ2v) is 11.1. The molecule has 0 radical (unpaired) electrons. The Labute approximate surface area is 248 Å². The molecule has 0 saturated carbocycles. The van der Waals surface area contributed by atoms with E-state index in [-0.39, 0.29) is 5.92 Å². The molecule has 0 aromatic heterocycles. The lowest BCUT2D eigenvalue weighted by Crippen LogP contribution is -2.33. The summed E-state index contributed by atoms with van der Waals surface area (Å²) in [7, 11) is 0. The van der Waals surface area contributed by atoms with Crippen molar-refractivity contribution in [3.05, 3.63) is 142 Å². The van der Waals surface area contributed by atoms with Crippen LogP contribution in [0.2, 0.25) is 5.02 Å². The summed E-state index contributed by atoms with van der Waals surface area (Å²) >= 11 is 6.40. The maximum atomic E-state index is 12.3. The summed E-state index contributed by atoms with van der Waals surface area (Å²) in [4.78, 5) is 0. The molecule has 5 heteroatoms. The third-order valence-corrected chi connectivity index (χ3v) is 7.63. The summed E-state index contributed by atoms with van der Waals surface area (Å²) in [6.07, 6.45) is 4.22. The van der Waals surface area contributed by atoms with Crippen molar-refractivity contribution in [1.82, 2.24) is 0 Å². The topological polar surface area (TPSA) is 47.9 Å². The van der Waals surface area contributed by atoms with Crippen LogP contribution in [0, 0.1) is 5.92 Å². The summed E-state index contributed by atoms with van der Waals surface area (Å²) in [6.45, 7) is 3.98. The number of benzene rings is 4.